The number of fused-ring (bicyclic) bond motifs is 1. The summed E-state index contributed by atoms with van der Waals surface area (Å²) in [6.45, 7) is 11.4. The Morgan fingerprint density at radius 1 is 0.603 bits per heavy atom. The number of carbonyl (C=O) groups is 3. The van der Waals surface area contributed by atoms with E-state index in [0.29, 0.717) is 57.6 Å². The molecule has 298 valence electrons. The van der Waals surface area contributed by atoms with Crippen LogP contribution in [-0.4, -0.2) is 61.1 Å². The number of carbonyl (C=O) groups excluding carboxylic acids is 3. The maximum Gasteiger partial charge on any atom is 0.343 e. The monoisotopic (exact) mass is 797 g/mol. The summed E-state index contributed by atoms with van der Waals surface area (Å²) in [6.07, 6.45) is 3.67. The van der Waals surface area contributed by atoms with E-state index < -0.39 is 11.9 Å². The topological polar surface area (TPSA) is 101 Å². The molecule has 1 aliphatic rings. The number of piperidine rings is 1. The molecule has 0 bridgehead atoms. The van der Waals surface area contributed by atoms with Crippen molar-refractivity contribution in [2.45, 2.75) is 59.2 Å². The van der Waals surface area contributed by atoms with Gasteiger partial charge in [-0.25, -0.2) is 9.59 Å². The van der Waals surface area contributed by atoms with Crippen molar-refractivity contribution in [1.29, 1.82) is 0 Å². The van der Waals surface area contributed by atoms with E-state index in [1.165, 1.54) is 30.6 Å². The molecule has 7 rings (SSSR count). The van der Waals surface area contributed by atoms with Crippen molar-refractivity contribution in [2.24, 2.45) is 0 Å². The smallest absolute Gasteiger partial charge is 0.343 e. The first-order chi connectivity index (χ1) is 28.1. The quantitative estimate of drug-likeness (QED) is 0.0571. The number of ketones is 1. The fraction of sp³-hybridized carbons (Fsp3) is 0.271. The van der Waals surface area contributed by atoms with Crippen molar-refractivity contribution < 1.29 is 38.1 Å². The van der Waals surface area contributed by atoms with Gasteiger partial charge in [0.2, 0.25) is 0 Å². The fourth-order valence-corrected chi connectivity index (χ4v) is 8.07. The van der Waals surface area contributed by atoms with Gasteiger partial charge in [-0.05, 0) is 162 Å². The first-order valence-corrected chi connectivity index (χ1v) is 20.6. The number of thiophene rings is 1. The Balaban J connectivity index is 1.15. The average molecular weight is 798 g/mol. The van der Waals surface area contributed by atoms with Gasteiger partial charge < -0.3 is 23.7 Å². The van der Waals surface area contributed by atoms with E-state index in [-0.39, 0.29) is 18.0 Å². The van der Waals surface area contributed by atoms with E-state index in [4.69, 9.17) is 23.7 Å². The molecule has 2 heterocycles. The van der Waals surface area contributed by atoms with Crippen molar-refractivity contribution in [1.82, 2.24) is 4.90 Å². The molecule has 0 atom stereocenters. The fourth-order valence-electron chi connectivity index (χ4n) is 6.83. The molecule has 1 fully saturated rings. The highest BCUT2D eigenvalue weighted by atomic mass is 32.1. The highest BCUT2D eigenvalue weighted by Gasteiger charge is 2.23. The zero-order valence-electron chi connectivity index (χ0n) is 33.2. The third-order valence-electron chi connectivity index (χ3n) is 9.55. The summed E-state index contributed by atoms with van der Waals surface area (Å²) in [5.74, 6) is 1.37. The van der Waals surface area contributed by atoms with Crippen LogP contribution < -0.4 is 23.7 Å². The number of rotatable bonds is 15. The summed E-state index contributed by atoms with van der Waals surface area (Å²) in [5, 5.41) is 0.720. The third-order valence-corrected chi connectivity index (χ3v) is 10.8. The van der Waals surface area contributed by atoms with Crippen molar-refractivity contribution in [2.75, 3.05) is 26.2 Å². The van der Waals surface area contributed by atoms with Gasteiger partial charge in [0.1, 0.15) is 35.4 Å². The largest absolute Gasteiger partial charge is 0.492 e. The second-order valence-corrected chi connectivity index (χ2v) is 15.8. The summed E-state index contributed by atoms with van der Waals surface area (Å²) in [4.78, 5) is 43.9. The Morgan fingerprint density at radius 2 is 1.17 bits per heavy atom. The molecule has 0 spiro atoms. The van der Waals surface area contributed by atoms with E-state index in [9.17, 15) is 14.4 Å². The molecule has 5 aromatic carbocycles. The lowest BCUT2D eigenvalue weighted by Crippen LogP contribution is -2.33. The molecule has 0 aliphatic carbocycles. The summed E-state index contributed by atoms with van der Waals surface area (Å²) >= 11 is 1.41. The van der Waals surface area contributed by atoms with Gasteiger partial charge in [-0.1, -0.05) is 18.6 Å². The predicted molar refractivity (Wildman–Crippen MR) is 227 cm³/mol. The zero-order valence-corrected chi connectivity index (χ0v) is 34.0. The van der Waals surface area contributed by atoms with Gasteiger partial charge in [0, 0.05) is 32.6 Å². The van der Waals surface area contributed by atoms with E-state index in [1.54, 1.807) is 84.9 Å². The number of benzene rings is 5. The Kier molecular flexibility index (Phi) is 12.9. The number of esters is 2. The minimum atomic E-state index is -0.524. The molecule has 58 heavy (non-hydrogen) atoms. The van der Waals surface area contributed by atoms with Crippen LogP contribution in [0.5, 0.6) is 28.7 Å². The number of ether oxygens (including phenoxy) is 5. The minimum Gasteiger partial charge on any atom is -0.492 e. The van der Waals surface area contributed by atoms with Crippen LogP contribution in [0.25, 0.3) is 20.5 Å². The molecular weight excluding hydrogens is 751 g/mol. The molecule has 1 aliphatic heterocycles. The highest BCUT2D eigenvalue weighted by molar-refractivity contribution is 7.22. The highest BCUT2D eigenvalue weighted by Crippen LogP contribution is 2.42. The lowest BCUT2D eigenvalue weighted by atomic mass is 9.97. The Labute approximate surface area is 343 Å². The molecule has 10 heteroatoms. The Hall–Kier alpha value is -5.97. The molecule has 0 N–H and O–H groups in total. The zero-order chi connectivity index (χ0) is 40.6. The van der Waals surface area contributed by atoms with Crippen LogP contribution in [0, 0.1) is 0 Å². The summed E-state index contributed by atoms with van der Waals surface area (Å²) in [6, 6.07) is 33.4. The van der Waals surface area contributed by atoms with Crippen LogP contribution in [0.2, 0.25) is 0 Å². The van der Waals surface area contributed by atoms with Crippen LogP contribution in [0.4, 0.5) is 0 Å². The summed E-state index contributed by atoms with van der Waals surface area (Å²) in [5.41, 5.74) is 2.51. The van der Waals surface area contributed by atoms with Gasteiger partial charge in [0.25, 0.3) is 0 Å². The molecule has 1 aromatic heterocycles. The van der Waals surface area contributed by atoms with E-state index in [0.717, 1.165) is 40.2 Å². The number of likely N-dealkylation sites (tertiary alicyclic amines) is 1. The standard InChI is InChI=1S/C48H47NO8S/c1-31(2)54-39-12-8-10-35(28-39)47(51)56-38-20-16-34(17-21-38)46-44(45(50)33-14-18-37(19-15-33)53-27-26-49-24-6-5-7-25-49)42-23-22-41(30-43(42)58-46)57-48(52)36-11-9-13-40(29-36)55-32(3)4/h8-23,28-32H,5-7,24-27H2,1-4H3. The van der Waals surface area contributed by atoms with Gasteiger partial charge in [0.15, 0.2) is 5.78 Å². The maximum absolute atomic E-state index is 14.4. The summed E-state index contributed by atoms with van der Waals surface area (Å²) < 4.78 is 29.8. The molecule has 9 nitrogen and oxygen atoms in total. The second-order valence-electron chi connectivity index (χ2n) is 14.8. The van der Waals surface area contributed by atoms with Crippen molar-refractivity contribution in [3.63, 3.8) is 0 Å². The van der Waals surface area contributed by atoms with Crippen molar-refractivity contribution >= 4 is 39.1 Å². The summed E-state index contributed by atoms with van der Waals surface area (Å²) in [7, 11) is 0. The van der Waals surface area contributed by atoms with E-state index in [1.807, 2.05) is 58.0 Å². The molecule has 0 saturated carbocycles. The van der Waals surface area contributed by atoms with E-state index in [2.05, 4.69) is 4.90 Å². The van der Waals surface area contributed by atoms with Crippen LogP contribution in [0.15, 0.2) is 115 Å². The van der Waals surface area contributed by atoms with Gasteiger partial charge >= 0.3 is 11.9 Å². The molecular formula is C48H47NO8S. The van der Waals surface area contributed by atoms with Crippen LogP contribution in [0.3, 0.4) is 0 Å². The van der Waals surface area contributed by atoms with Gasteiger partial charge in [-0.3, -0.25) is 9.69 Å². The van der Waals surface area contributed by atoms with Crippen LogP contribution in [0.1, 0.15) is 83.6 Å². The lowest BCUT2D eigenvalue weighted by molar-refractivity contribution is 0.0724. The first-order valence-electron chi connectivity index (χ1n) is 19.7. The van der Waals surface area contributed by atoms with E-state index >= 15 is 0 Å². The number of nitrogens with zero attached hydrogens (tertiary/aromatic N) is 1. The molecule has 1 saturated heterocycles. The third kappa shape index (κ3) is 10.1. The molecule has 0 amide bonds. The van der Waals surface area contributed by atoms with Gasteiger partial charge in [-0.15, -0.1) is 11.3 Å². The molecule has 0 unspecified atom stereocenters. The maximum atomic E-state index is 14.4. The molecule has 0 radical (unpaired) electrons. The Bertz CT molecular complexity index is 2380. The van der Waals surface area contributed by atoms with Crippen molar-refractivity contribution in [3.8, 4) is 39.2 Å². The number of hydrogen-bond donors (Lipinski definition) is 0. The average Bonchev–Trinajstić information content (AvgIpc) is 3.60. The lowest BCUT2D eigenvalue weighted by Gasteiger charge is -2.26. The number of hydrogen-bond acceptors (Lipinski definition) is 10. The SMILES string of the molecule is CC(C)Oc1cccc(C(=O)Oc2ccc(-c3sc4cc(OC(=O)c5cccc(OC(C)C)c5)ccc4c3C(=O)c3ccc(OCCN4CCCCC4)cc3)cc2)c1. The second kappa shape index (κ2) is 18.5. The molecule has 6 aromatic rings. The first kappa shape index (κ1) is 40.2. The Morgan fingerprint density at radius 3 is 1.78 bits per heavy atom. The van der Waals surface area contributed by atoms with Crippen LogP contribution in [-0.2, 0) is 0 Å². The normalized spacial score (nSPS) is 13.1. The minimum absolute atomic E-state index is 0.0357. The van der Waals surface area contributed by atoms with Crippen LogP contribution >= 0.6 is 11.3 Å². The van der Waals surface area contributed by atoms with Gasteiger partial charge in [-0.2, -0.15) is 0 Å². The van der Waals surface area contributed by atoms with Crippen molar-refractivity contribution in [3.05, 3.63) is 138 Å². The van der Waals surface area contributed by atoms with Gasteiger partial charge in [0.05, 0.1) is 23.3 Å². The predicted octanol–water partition coefficient (Wildman–Crippen LogP) is 10.7.